The molecule has 0 bridgehead atoms. The van der Waals surface area contributed by atoms with Crippen molar-refractivity contribution in [2.75, 3.05) is 0 Å². The van der Waals surface area contributed by atoms with Crippen LogP contribution in [0.1, 0.15) is 26.3 Å². The molecule has 26 heavy (non-hydrogen) atoms. The fourth-order valence-electron chi connectivity index (χ4n) is 2.32. The molecule has 5 heteroatoms. The van der Waals surface area contributed by atoms with Crippen LogP contribution in [0, 0.1) is 0 Å². The second-order valence-electron chi connectivity index (χ2n) is 5.47. The molecule has 0 radical (unpaired) electrons. The highest BCUT2D eigenvalue weighted by molar-refractivity contribution is 5.97. The Morgan fingerprint density at radius 2 is 1.42 bits per heavy atom. The van der Waals surface area contributed by atoms with Crippen molar-refractivity contribution in [3.63, 3.8) is 0 Å². The van der Waals surface area contributed by atoms with Gasteiger partial charge in [-0.05, 0) is 29.8 Å². The zero-order valence-corrected chi connectivity index (χ0v) is 13.8. The van der Waals surface area contributed by atoms with Crippen molar-refractivity contribution in [3.05, 3.63) is 95.6 Å². The second-order valence-corrected chi connectivity index (χ2v) is 5.47. The predicted molar refractivity (Wildman–Crippen MR) is 95.1 cm³/mol. The van der Waals surface area contributed by atoms with Crippen molar-refractivity contribution in [1.29, 1.82) is 0 Å². The van der Waals surface area contributed by atoms with E-state index in [1.165, 1.54) is 18.2 Å². The zero-order chi connectivity index (χ0) is 18.4. The van der Waals surface area contributed by atoms with Crippen LogP contribution < -0.4 is 4.74 Å². The third-order valence-corrected chi connectivity index (χ3v) is 3.63. The Morgan fingerprint density at radius 1 is 0.769 bits per heavy atom. The Kier molecular flexibility index (Phi) is 5.29. The Bertz CT molecular complexity index is 904. The highest BCUT2D eigenvalue weighted by Gasteiger charge is 2.21. The molecule has 0 aromatic heterocycles. The van der Waals surface area contributed by atoms with Crippen molar-refractivity contribution in [3.8, 4) is 11.5 Å². The molecular weight excluding hydrogens is 332 g/mol. The van der Waals surface area contributed by atoms with E-state index in [1.54, 1.807) is 30.3 Å². The van der Waals surface area contributed by atoms with Gasteiger partial charge in [0, 0.05) is 0 Å². The van der Waals surface area contributed by atoms with Gasteiger partial charge in [-0.15, -0.1) is 0 Å². The molecule has 3 aromatic carbocycles. The topological polar surface area (TPSA) is 72.8 Å². The van der Waals surface area contributed by atoms with Crippen molar-refractivity contribution in [2.24, 2.45) is 0 Å². The van der Waals surface area contributed by atoms with Gasteiger partial charge < -0.3 is 14.6 Å². The Labute approximate surface area is 150 Å². The summed E-state index contributed by atoms with van der Waals surface area (Å²) in [5.41, 5.74) is 1.11. The number of phenolic OH excluding ortho intramolecular Hbond substituents is 1. The molecule has 0 saturated carbocycles. The molecule has 0 atom stereocenters. The molecule has 1 N–H and O–H groups in total. The third-order valence-electron chi connectivity index (χ3n) is 3.63. The number of carbonyl (C=O) groups excluding carboxylic acids is 2. The van der Waals surface area contributed by atoms with Crippen LogP contribution in [0.4, 0.5) is 0 Å². The smallest absolute Gasteiger partial charge is 0.343 e. The maximum atomic E-state index is 12.4. The van der Waals surface area contributed by atoms with Gasteiger partial charge in [-0.25, -0.2) is 9.59 Å². The van der Waals surface area contributed by atoms with E-state index in [1.807, 2.05) is 30.3 Å². The van der Waals surface area contributed by atoms with Crippen LogP contribution in [0.25, 0.3) is 0 Å². The number of hydrogen-bond donors (Lipinski definition) is 1. The summed E-state index contributed by atoms with van der Waals surface area (Å²) in [7, 11) is 0. The van der Waals surface area contributed by atoms with Gasteiger partial charge in [0.05, 0.1) is 5.56 Å². The lowest BCUT2D eigenvalue weighted by atomic mass is 10.1. The lowest BCUT2D eigenvalue weighted by Gasteiger charge is -2.11. The molecule has 0 unspecified atom stereocenters. The molecular formula is C21H16O5. The average molecular weight is 348 g/mol. The summed E-state index contributed by atoms with van der Waals surface area (Å²) in [6.07, 6.45) is 0. The van der Waals surface area contributed by atoms with Gasteiger partial charge in [0.2, 0.25) is 0 Å². The maximum absolute atomic E-state index is 12.4. The number of phenols is 1. The number of esters is 2. The first-order chi connectivity index (χ1) is 12.6. The van der Waals surface area contributed by atoms with E-state index in [4.69, 9.17) is 9.47 Å². The molecule has 0 saturated heterocycles. The van der Waals surface area contributed by atoms with Crippen molar-refractivity contribution in [2.45, 2.75) is 6.61 Å². The summed E-state index contributed by atoms with van der Waals surface area (Å²) in [6, 6.07) is 21.7. The van der Waals surface area contributed by atoms with Crippen LogP contribution in [0.5, 0.6) is 11.5 Å². The fourth-order valence-corrected chi connectivity index (χ4v) is 2.32. The number of hydrogen-bond acceptors (Lipinski definition) is 5. The Balaban J connectivity index is 1.78. The number of rotatable bonds is 5. The minimum absolute atomic E-state index is 0.0230. The molecule has 3 rings (SSSR count). The highest BCUT2D eigenvalue weighted by Crippen LogP contribution is 2.31. The Morgan fingerprint density at radius 3 is 2.12 bits per heavy atom. The van der Waals surface area contributed by atoms with Crippen LogP contribution in [0.2, 0.25) is 0 Å². The normalized spacial score (nSPS) is 10.2. The SMILES string of the molecule is O=C(Oc1c(O)cccc1C(=O)OCc1ccccc1)c1ccccc1. The van der Waals surface area contributed by atoms with Crippen molar-refractivity contribution in [1.82, 2.24) is 0 Å². The first-order valence-electron chi connectivity index (χ1n) is 7.95. The summed E-state index contributed by atoms with van der Waals surface area (Å²) in [5, 5.41) is 10.0. The molecule has 0 heterocycles. The van der Waals surface area contributed by atoms with E-state index in [-0.39, 0.29) is 23.7 Å². The Hall–Kier alpha value is -3.60. The van der Waals surface area contributed by atoms with Crippen LogP contribution in [0.3, 0.4) is 0 Å². The second kappa shape index (κ2) is 7.98. The zero-order valence-electron chi connectivity index (χ0n) is 13.8. The highest BCUT2D eigenvalue weighted by atomic mass is 16.6. The lowest BCUT2D eigenvalue weighted by molar-refractivity contribution is 0.0466. The van der Waals surface area contributed by atoms with Crippen LogP contribution in [-0.4, -0.2) is 17.0 Å². The number of ether oxygens (including phenoxy) is 2. The minimum atomic E-state index is -0.694. The first kappa shape index (κ1) is 17.2. The number of aromatic hydroxyl groups is 1. The molecule has 0 amide bonds. The quantitative estimate of drug-likeness (QED) is 0.558. The van der Waals surface area contributed by atoms with Gasteiger partial charge >= 0.3 is 11.9 Å². The fraction of sp³-hybridized carbons (Fsp3) is 0.0476. The summed E-state index contributed by atoms with van der Waals surface area (Å²) in [5.74, 6) is -1.91. The summed E-state index contributed by atoms with van der Waals surface area (Å²) >= 11 is 0. The van der Waals surface area contributed by atoms with Gasteiger partial charge in [0.25, 0.3) is 0 Å². The summed E-state index contributed by atoms with van der Waals surface area (Å²) in [4.78, 5) is 24.6. The summed E-state index contributed by atoms with van der Waals surface area (Å²) in [6.45, 7) is 0.0708. The van der Waals surface area contributed by atoms with Crippen molar-refractivity contribution >= 4 is 11.9 Å². The molecule has 5 nitrogen and oxygen atoms in total. The number of carbonyl (C=O) groups is 2. The third kappa shape index (κ3) is 4.08. The largest absolute Gasteiger partial charge is 0.504 e. The van der Waals surface area contributed by atoms with E-state index in [0.29, 0.717) is 5.56 Å². The molecule has 3 aromatic rings. The molecule has 0 aliphatic heterocycles. The van der Waals surface area contributed by atoms with Crippen LogP contribution in [0.15, 0.2) is 78.9 Å². The lowest BCUT2D eigenvalue weighted by Crippen LogP contribution is -2.13. The monoisotopic (exact) mass is 348 g/mol. The molecule has 0 fully saturated rings. The standard InChI is InChI=1S/C21H16O5/c22-18-13-7-12-17(21(24)25-14-15-8-3-1-4-9-15)19(18)26-20(23)16-10-5-2-6-11-16/h1-13,22H,14H2. The predicted octanol–water partition coefficient (Wildman–Crippen LogP) is 3.97. The number of para-hydroxylation sites is 1. The molecule has 0 aliphatic rings. The average Bonchev–Trinajstić information content (AvgIpc) is 2.69. The van der Waals surface area contributed by atoms with Gasteiger partial charge in [-0.2, -0.15) is 0 Å². The molecule has 0 aliphatic carbocycles. The van der Waals surface area contributed by atoms with Crippen LogP contribution in [-0.2, 0) is 11.3 Å². The van der Waals surface area contributed by atoms with E-state index in [9.17, 15) is 14.7 Å². The van der Waals surface area contributed by atoms with E-state index < -0.39 is 11.9 Å². The molecule has 130 valence electrons. The van der Waals surface area contributed by atoms with E-state index >= 15 is 0 Å². The van der Waals surface area contributed by atoms with E-state index in [0.717, 1.165) is 5.56 Å². The number of benzene rings is 3. The van der Waals surface area contributed by atoms with E-state index in [2.05, 4.69) is 0 Å². The van der Waals surface area contributed by atoms with Gasteiger partial charge in [-0.1, -0.05) is 54.6 Å². The molecule has 0 spiro atoms. The van der Waals surface area contributed by atoms with Crippen molar-refractivity contribution < 1.29 is 24.2 Å². The maximum Gasteiger partial charge on any atom is 0.343 e. The van der Waals surface area contributed by atoms with Gasteiger partial charge in [0.15, 0.2) is 11.5 Å². The summed E-state index contributed by atoms with van der Waals surface area (Å²) < 4.78 is 10.5. The van der Waals surface area contributed by atoms with Gasteiger partial charge in [-0.3, -0.25) is 0 Å². The van der Waals surface area contributed by atoms with Gasteiger partial charge in [0.1, 0.15) is 12.2 Å². The van der Waals surface area contributed by atoms with Crippen LogP contribution >= 0.6 is 0 Å². The first-order valence-corrected chi connectivity index (χ1v) is 7.95. The minimum Gasteiger partial charge on any atom is -0.504 e.